The molecular weight excluding hydrogens is 178 g/mol. The summed E-state index contributed by atoms with van der Waals surface area (Å²) >= 11 is 0. The van der Waals surface area contributed by atoms with Gasteiger partial charge in [-0.2, -0.15) is 0 Å². The minimum absolute atomic E-state index is 0.0598. The molecule has 1 saturated heterocycles. The summed E-state index contributed by atoms with van der Waals surface area (Å²) in [4.78, 5) is 13.3. The van der Waals surface area contributed by atoms with Crippen LogP contribution in [0.3, 0.4) is 0 Å². The van der Waals surface area contributed by atoms with E-state index in [2.05, 4.69) is 17.2 Å². The van der Waals surface area contributed by atoms with E-state index in [4.69, 9.17) is 5.84 Å². The van der Waals surface area contributed by atoms with E-state index in [0.717, 1.165) is 18.9 Å². The van der Waals surface area contributed by atoms with Gasteiger partial charge >= 0.3 is 0 Å². The number of carbonyl (C=O) groups excluding carboxylic acids is 1. The lowest BCUT2D eigenvalue weighted by Crippen LogP contribution is -2.35. The van der Waals surface area contributed by atoms with E-state index in [1.807, 2.05) is 0 Å². The molecule has 1 rings (SSSR count). The average molecular weight is 199 g/mol. The van der Waals surface area contributed by atoms with Crippen LogP contribution in [0.5, 0.6) is 0 Å². The van der Waals surface area contributed by atoms with Crippen LogP contribution in [0.15, 0.2) is 0 Å². The van der Waals surface area contributed by atoms with Crippen LogP contribution in [0, 0.1) is 5.92 Å². The lowest BCUT2D eigenvalue weighted by molar-refractivity contribution is -0.121. The van der Waals surface area contributed by atoms with Gasteiger partial charge in [0, 0.05) is 6.42 Å². The van der Waals surface area contributed by atoms with E-state index in [9.17, 15) is 4.79 Å². The molecule has 4 heteroatoms. The van der Waals surface area contributed by atoms with Crippen LogP contribution in [0.4, 0.5) is 0 Å². The maximum Gasteiger partial charge on any atom is 0.233 e. The van der Waals surface area contributed by atoms with Gasteiger partial charge < -0.3 is 4.90 Å². The highest BCUT2D eigenvalue weighted by Gasteiger charge is 2.14. The van der Waals surface area contributed by atoms with Crippen molar-refractivity contribution in [2.75, 3.05) is 19.6 Å². The number of piperidine rings is 1. The van der Waals surface area contributed by atoms with E-state index >= 15 is 0 Å². The Labute approximate surface area is 85.8 Å². The molecule has 0 atom stereocenters. The lowest BCUT2D eigenvalue weighted by Gasteiger charge is -2.29. The van der Waals surface area contributed by atoms with Crippen LogP contribution in [0.2, 0.25) is 0 Å². The van der Waals surface area contributed by atoms with Crippen LogP contribution in [0.25, 0.3) is 0 Å². The molecule has 1 fully saturated rings. The second-order valence-electron chi connectivity index (χ2n) is 4.20. The molecule has 1 amide bonds. The van der Waals surface area contributed by atoms with Crippen molar-refractivity contribution in [3.8, 4) is 0 Å². The van der Waals surface area contributed by atoms with Gasteiger partial charge in [0.15, 0.2) is 0 Å². The third-order valence-corrected chi connectivity index (χ3v) is 2.92. The normalized spacial score (nSPS) is 19.6. The predicted octanol–water partition coefficient (Wildman–Crippen LogP) is 0.488. The van der Waals surface area contributed by atoms with Crippen LogP contribution >= 0.6 is 0 Å². The van der Waals surface area contributed by atoms with Gasteiger partial charge in [0.25, 0.3) is 0 Å². The van der Waals surface area contributed by atoms with Crippen molar-refractivity contribution >= 4 is 5.91 Å². The van der Waals surface area contributed by atoms with Gasteiger partial charge in [0.2, 0.25) is 5.91 Å². The molecule has 1 heterocycles. The number of carbonyl (C=O) groups is 1. The van der Waals surface area contributed by atoms with Crippen LogP contribution in [-0.2, 0) is 4.79 Å². The smallest absolute Gasteiger partial charge is 0.233 e. The summed E-state index contributed by atoms with van der Waals surface area (Å²) in [5, 5.41) is 0. The second kappa shape index (κ2) is 5.98. The fraction of sp³-hybridized carbons (Fsp3) is 0.900. The fourth-order valence-corrected chi connectivity index (χ4v) is 1.82. The number of hydrazine groups is 1. The van der Waals surface area contributed by atoms with E-state index in [-0.39, 0.29) is 5.91 Å². The average Bonchev–Trinajstić information content (AvgIpc) is 2.21. The Balaban J connectivity index is 2.04. The van der Waals surface area contributed by atoms with Gasteiger partial charge in [0.1, 0.15) is 0 Å². The molecule has 1 aliphatic rings. The first-order valence-corrected chi connectivity index (χ1v) is 5.44. The van der Waals surface area contributed by atoms with Gasteiger partial charge in [0.05, 0.1) is 0 Å². The van der Waals surface area contributed by atoms with E-state index < -0.39 is 0 Å². The number of nitrogens with one attached hydrogen (secondary N) is 1. The zero-order chi connectivity index (χ0) is 10.4. The van der Waals surface area contributed by atoms with Crippen molar-refractivity contribution in [1.29, 1.82) is 0 Å². The zero-order valence-electron chi connectivity index (χ0n) is 8.96. The Kier molecular flexibility index (Phi) is 4.90. The predicted molar refractivity (Wildman–Crippen MR) is 56.4 cm³/mol. The topological polar surface area (TPSA) is 58.4 Å². The summed E-state index contributed by atoms with van der Waals surface area (Å²) in [6.07, 6.45) is 4.05. The fourth-order valence-electron chi connectivity index (χ4n) is 1.82. The van der Waals surface area contributed by atoms with Gasteiger partial charge in [-0.1, -0.05) is 6.92 Å². The molecule has 82 valence electrons. The molecule has 1 aliphatic heterocycles. The molecular formula is C10H21N3O. The molecule has 0 unspecified atom stereocenters. The maximum absolute atomic E-state index is 10.9. The maximum atomic E-state index is 10.9. The van der Waals surface area contributed by atoms with Crippen molar-refractivity contribution in [3.63, 3.8) is 0 Å². The van der Waals surface area contributed by atoms with E-state index in [1.54, 1.807) is 0 Å². The van der Waals surface area contributed by atoms with Crippen molar-refractivity contribution in [1.82, 2.24) is 10.3 Å². The first-order valence-electron chi connectivity index (χ1n) is 5.44. The molecule has 0 saturated carbocycles. The number of nitrogens with two attached hydrogens (primary N) is 1. The van der Waals surface area contributed by atoms with Crippen LogP contribution in [0.1, 0.15) is 32.6 Å². The number of likely N-dealkylation sites (tertiary alicyclic amines) is 1. The van der Waals surface area contributed by atoms with E-state index in [0.29, 0.717) is 6.42 Å². The molecule has 3 N–H and O–H groups in total. The molecule has 0 radical (unpaired) electrons. The Hall–Kier alpha value is -0.610. The first-order chi connectivity index (χ1) is 6.72. The Morgan fingerprint density at radius 3 is 2.71 bits per heavy atom. The zero-order valence-corrected chi connectivity index (χ0v) is 8.96. The second-order valence-corrected chi connectivity index (χ2v) is 4.20. The SMILES string of the molecule is CC1CCN(CCCC(=O)NN)CC1. The largest absolute Gasteiger partial charge is 0.303 e. The summed E-state index contributed by atoms with van der Waals surface area (Å²) in [6, 6.07) is 0. The summed E-state index contributed by atoms with van der Waals surface area (Å²) in [5.41, 5.74) is 2.15. The summed E-state index contributed by atoms with van der Waals surface area (Å²) in [5.74, 6) is 5.81. The number of nitrogens with zero attached hydrogens (tertiary/aromatic N) is 1. The standard InChI is InChI=1S/C10H21N3O/c1-9-4-7-13(8-5-9)6-2-3-10(14)12-11/h9H,2-8,11H2,1H3,(H,12,14). The van der Waals surface area contributed by atoms with Crippen LogP contribution in [-0.4, -0.2) is 30.4 Å². The van der Waals surface area contributed by atoms with Gasteiger partial charge in [-0.15, -0.1) is 0 Å². The third kappa shape index (κ3) is 4.07. The summed E-state index contributed by atoms with van der Waals surface area (Å²) in [6.45, 7) is 5.70. The summed E-state index contributed by atoms with van der Waals surface area (Å²) < 4.78 is 0. The van der Waals surface area contributed by atoms with Crippen molar-refractivity contribution in [2.45, 2.75) is 32.6 Å². The summed E-state index contributed by atoms with van der Waals surface area (Å²) in [7, 11) is 0. The molecule has 0 aromatic carbocycles. The Morgan fingerprint density at radius 1 is 1.50 bits per heavy atom. The molecule has 0 aliphatic carbocycles. The van der Waals surface area contributed by atoms with Gasteiger partial charge in [-0.25, -0.2) is 5.84 Å². The minimum Gasteiger partial charge on any atom is -0.303 e. The third-order valence-electron chi connectivity index (χ3n) is 2.92. The molecule has 0 aromatic rings. The molecule has 0 spiro atoms. The number of hydrogen-bond acceptors (Lipinski definition) is 3. The van der Waals surface area contributed by atoms with Crippen molar-refractivity contribution < 1.29 is 4.79 Å². The number of hydrogen-bond donors (Lipinski definition) is 2. The molecule has 14 heavy (non-hydrogen) atoms. The molecule has 4 nitrogen and oxygen atoms in total. The quantitative estimate of drug-likeness (QED) is 0.393. The highest BCUT2D eigenvalue weighted by Crippen LogP contribution is 2.15. The molecule has 0 bridgehead atoms. The van der Waals surface area contributed by atoms with Gasteiger partial charge in [-0.3, -0.25) is 10.2 Å². The van der Waals surface area contributed by atoms with Gasteiger partial charge in [-0.05, 0) is 44.8 Å². The molecule has 0 aromatic heterocycles. The monoisotopic (exact) mass is 199 g/mol. The first kappa shape index (κ1) is 11.5. The van der Waals surface area contributed by atoms with Crippen molar-refractivity contribution in [2.24, 2.45) is 11.8 Å². The highest BCUT2D eigenvalue weighted by molar-refractivity contribution is 5.75. The van der Waals surface area contributed by atoms with Crippen LogP contribution < -0.4 is 11.3 Å². The minimum atomic E-state index is -0.0598. The number of rotatable bonds is 4. The highest BCUT2D eigenvalue weighted by atomic mass is 16.2. The number of amides is 1. The Morgan fingerprint density at radius 2 is 2.14 bits per heavy atom. The lowest BCUT2D eigenvalue weighted by atomic mass is 9.99. The van der Waals surface area contributed by atoms with E-state index in [1.165, 1.54) is 25.9 Å². The Bertz CT molecular complexity index is 176. The van der Waals surface area contributed by atoms with Crippen molar-refractivity contribution in [3.05, 3.63) is 0 Å².